The number of hydrogen-bond acceptors (Lipinski definition) is 8. The van der Waals surface area contributed by atoms with Crippen LogP contribution in [0.25, 0.3) is 0 Å². The van der Waals surface area contributed by atoms with E-state index in [2.05, 4.69) is 4.98 Å². The molecule has 0 radical (unpaired) electrons. The van der Waals surface area contributed by atoms with Crippen molar-refractivity contribution in [3.05, 3.63) is 81.8 Å². The third-order valence-electron chi connectivity index (χ3n) is 4.22. The molecule has 8 heteroatoms. The van der Waals surface area contributed by atoms with Crippen LogP contribution in [-0.2, 0) is 14.3 Å². The normalized spacial score (nSPS) is 11.2. The monoisotopic (exact) mass is 434 g/mol. The van der Waals surface area contributed by atoms with Crippen LogP contribution in [0.3, 0.4) is 0 Å². The predicted molar refractivity (Wildman–Crippen MR) is 113 cm³/mol. The molecule has 0 aliphatic rings. The maximum Gasteiger partial charge on any atom is 0.344 e. The van der Waals surface area contributed by atoms with Crippen molar-refractivity contribution in [1.29, 1.82) is 5.26 Å². The summed E-state index contributed by atoms with van der Waals surface area (Å²) < 4.78 is 10.3. The fourth-order valence-corrected chi connectivity index (χ4v) is 3.51. The van der Waals surface area contributed by atoms with E-state index in [1.54, 1.807) is 60.8 Å². The van der Waals surface area contributed by atoms with Gasteiger partial charge in [-0.3, -0.25) is 9.59 Å². The molecule has 0 aliphatic heterocycles. The summed E-state index contributed by atoms with van der Waals surface area (Å²) in [5.74, 6) is -2.10. The van der Waals surface area contributed by atoms with E-state index in [4.69, 9.17) is 9.47 Å². The molecule has 0 fully saturated rings. The number of esters is 1. The molecule has 0 amide bonds. The molecule has 1 heterocycles. The van der Waals surface area contributed by atoms with E-state index in [9.17, 15) is 19.6 Å². The lowest BCUT2D eigenvalue weighted by atomic mass is 10.0. The number of nitrogens with zero attached hydrogens (tertiary/aromatic N) is 2. The number of aromatic nitrogens is 1. The van der Waals surface area contributed by atoms with Gasteiger partial charge in [0.15, 0.2) is 30.7 Å². The van der Waals surface area contributed by atoms with E-state index < -0.39 is 30.9 Å². The van der Waals surface area contributed by atoms with E-state index in [1.165, 1.54) is 11.3 Å². The van der Waals surface area contributed by atoms with E-state index >= 15 is 0 Å². The van der Waals surface area contributed by atoms with Crippen molar-refractivity contribution in [3.8, 4) is 11.8 Å². The summed E-state index contributed by atoms with van der Waals surface area (Å²) in [6.07, 6.45) is 0. The third kappa shape index (κ3) is 5.84. The SMILES string of the molecule is Cc1csc(C(C#N)C(=O)COC(=O)COc2ccc(C(=O)c3ccccc3)cc2)n1. The van der Waals surface area contributed by atoms with E-state index in [0.717, 1.165) is 5.69 Å². The molecule has 156 valence electrons. The first-order valence-corrected chi connectivity index (χ1v) is 10.2. The molecule has 1 unspecified atom stereocenters. The van der Waals surface area contributed by atoms with Crippen molar-refractivity contribution < 1.29 is 23.9 Å². The van der Waals surface area contributed by atoms with Crippen molar-refractivity contribution in [2.24, 2.45) is 0 Å². The van der Waals surface area contributed by atoms with Gasteiger partial charge in [-0.15, -0.1) is 11.3 Å². The largest absolute Gasteiger partial charge is 0.482 e. The fourth-order valence-electron chi connectivity index (χ4n) is 2.65. The lowest BCUT2D eigenvalue weighted by Gasteiger charge is -2.09. The van der Waals surface area contributed by atoms with Crippen LogP contribution < -0.4 is 4.74 Å². The van der Waals surface area contributed by atoms with Crippen molar-refractivity contribution in [1.82, 2.24) is 4.98 Å². The Kier molecular flexibility index (Phi) is 7.25. The predicted octanol–water partition coefficient (Wildman–Crippen LogP) is 3.48. The highest BCUT2D eigenvalue weighted by atomic mass is 32.1. The van der Waals surface area contributed by atoms with Gasteiger partial charge in [-0.25, -0.2) is 9.78 Å². The summed E-state index contributed by atoms with van der Waals surface area (Å²) in [5, 5.41) is 11.3. The second-order valence-electron chi connectivity index (χ2n) is 6.52. The number of ketones is 2. The second kappa shape index (κ2) is 10.3. The molecule has 0 spiro atoms. The number of rotatable bonds is 9. The van der Waals surface area contributed by atoms with Gasteiger partial charge >= 0.3 is 5.97 Å². The molecule has 0 aliphatic carbocycles. The van der Waals surface area contributed by atoms with Crippen molar-refractivity contribution in [2.45, 2.75) is 12.8 Å². The van der Waals surface area contributed by atoms with Crippen LogP contribution in [0, 0.1) is 18.3 Å². The number of carbonyl (C=O) groups is 3. The molecule has 31 heavy (non-hydrogen) atoms. The second-order valence-corrected chi connectivity index (χ2v) is 7.41. The van der Waals surface area contributed by atoms with Gasteiger partial charge in [-0.1, -0.05) is 30.3 Å². The molecule has 2 aromatic carbocycles. The van der Waals surface area contributed by atoms with Crippen LogP contribution >= 0.6 is 11.3 Å². The molecule has 1 aromatic heterocycles. The van der Waals surface area contributed by atoms with E-state index in [-0.39, 0.29) is 5.78 Å². The number of Topliss-reactive ketones (excluding diaryl/α,β-unsaturated/α-hetero) is 1. The summed E-state index contributed by atoms with van der Waals surface area (Å²) in [6.45, 7) is 0.816. The minimum Gasteiger partial charge on any atom is -0.482 e. The van der Waals surface area contributed by atoms with Gasteiger partial charge < -0.3 is 9.47 Å². The Hall–Kier alpha value is -3.83. The number of nitriles is 1. The van der Waals surface area contributed by atoms with Crippen molar-refractivity contribution in [3.63, 3.8) is 0 Å². The van der Waals surface area contributed by atoms with Gasteiger partial charge in [0.25, 0.3) is 0 Å². The number of hydrogen-bond donors (Lipinski definition) is 0. The summed E-state index contributed by atoms with van der Waals surface area (Å²) in [4.78, 5) is 40.6. The zero-order valence-corrected chi connectivity index (χ0v) is 17.4. The van der Waals surface area contributed by atoms with Crippen LogP contribution in [0.5, 0.6) is 5.75 Å². The Balaban J connectivity index is 1.48. The molecule has 3 rings (SSSR count). The number of benzene rings is 2. The fraction of sp³-hybridized carbons (Fsp3) is 0.174. The molecule has 0 bridgehead atoms. The molecule has 0 saturated heterocycles. The topological polar surface area (TPSA) is 106 Å². The lowest BCUT2D eigenvalue weighted by Crippen LogP contribution is -2.22. The maximum atomic E-state index is 12.4. The van der Waals surface area contributed by atoms with Crippen molar-refractivity contribution in [2.75, 3.05) is 13.2 Å². The first-order valence-electron chi connectivity index (χ1n) is 9.30. The quantitative estimate of drug-likeness (QED) is 0.375. The minimum atomic E-state index is -1.07. The average Bonchev–Trinajstić information content (AvgIpc) is 3.23. The van der Waals surface area contributed by atoms with E-state index in [0.29, 0.717) is 21.9 Å². The van der Waals surface area contributed by atoms with Gasteiger partial charge in [0.1, 0.15) is 10.8 Å². The zero-order chi connectivity index (χ0) is 22.2. The number of thiazole rings is 1. The molecule has 7 nitrogen and oxygen atoms in total. The standard InChI is InChI=1S/C23H18N2O5S/c1-15-14-31-23(25-15)19(11-24)20(26)12-30-21(27)13-29-18-9-7-17(8-10-18)22(28)16-5-3-2-4-6-16/h2-10,14,19H,12-13H2,1H3. The summed E-state index contributed by atoms with van der Waals surface area (Å²) in [5.41, 5.74) is 1.79. The highest BCUT2D eigenvalue weighted by Crippen LogP contribution is 2.21. The highest BCUT2D eigenvalue weighted by molar-refractivity contribution is 7.09. The van der Waals surface area contributed by atoms with Gasteiger partial charge in [0.2, 0.25) is 0 Å². The van der Waals surface area contributed by atoms with Crippen LogP contribution in [0.15, 0.2) is 60.0 Å². The summed E-state index contributed by atoms with van der Waals surface area (Å²) in [7, 11) is 0. The smallest absolute Gasteiger partial charge is 0.344 e. The number of aryl methyl sites for hydroxylation is 1. The molecular formula is C23H18N2O5S. The Labute approximate surface area is 182 Å². The third-order valence-corrected chi connectivity index (χ3v) is 5.25. The Morgan fingerprint density at radius 3 is 2.32 bits per heavy atom. The Bertz CT molecular complexity index is 1120. The molecule has 0 saturated carbocycles. The van der Waals surface area contributed by atoms with Gasteiger partial charge in [-0.05, 0) is 31.2 Å². The van der Waals surface area contributed by atoms with Gasteiger partial charge in [0, 0.05) is 22.2 Å². The zero-order valence-electron chi connectivity index (χ0n) is 16.6. The molecule has 3 aromatic rings. The van der Waals surface area contributed by atoms with Gasteiger partial charge in [-0.2, -0.15) is 5.26 Å². The average molecular weight is 434 g/mol. The van der Waals surface area contributed by atoms with Crippen molar-refractivity contribution >= 4 is 28.9 Å². The molecule has 1 atom stereocenters. The molecular weight excluding hydrogens is 416 g/mol. The maximum absolute atomic E-state index is 12.4. The first-order chi connectivity index (χ1) is 15.0. The van der Waals surface area contributed by atoms with Crippen LogP contribution in [-0.4, -0.2) is 35.7 Å². The Morgan fingerprint density at radius 1 is 1.03 bits per heavy atom. The highest BCUT2D eigenvalue weighted by Gasteiger charge is 2.24. The van der Waals surface area contributed by atoms with Crippen LogP contribution in [0.2, 0.25) is 0 Å². The van der Waals surface area contributed by atoms with Crippen LogP contribution in [0.4, 0.5) is 0 Å². The summed E-state index contributed by atoms with van der Waals surface area (Å²) >= 11 is 1.21. The Morgan fingerprint density at radius 2 is 1.71 bits per heavy atom. The minimum absolute atomic E-state index is 0.118. The summed E-state index contributed by atoms with van der Waals surface area (Å²) in [6, 6.07) is 17.1. The number of ether oxygens (including phenoxy) is 2. The molecule has 0 N–H and O–H groups in total. The van der Waals surface area contributed by atoms with Crippen LogP contribution in [0.1, 0.15) is 32.5 Å². The van der Waals surface area contributed by atoms with Gasteiger partial charge in [0.05, 0.1) is 6.07 Å². The first kappa shape index (κ1) is 21.9. The number of carbonyl (C=O) groups excluding carboxylic acids is 3. The van der Waals surface area contributed by atoms with E-state index in [1.807, 2.05) is 12.1 Å². The lowest BCUT2D eigenvalue weighted by molar-refractivity contribution is -0.150.